The quantitative estimate of drug-likeness (QED) is 0.611. The minimum absolute atomic E-state index is 0.109. The van der Waals surface area contributed by atoms with Crippen molar-refractivity contribution in [3.05, 3.63) is 63.4 Å². The number of nitrogens with zero attached hydrogens (tertiary/aromatic N) is 1. The summed E-state index contributed by atoms with van der Waals surface area (Å²) in [6.45, 7) is 3.48. The summed E-state index contributed by atoms with van der Waals surface area (Å²) in [5.41, 5.74) is -0.282. The first-order chi connectivity index (χ1) is 14.8. The molecule has 1 N–H and O–H groups in total. The smallest absolute Gasteiger partial charge is 0.324 e. The van der Waals surface area contributed by atoms with Crippen LogP contribution in [0, 0.1) is 5.82 Å². The summed E-state index contributed by atoms with van der Waals surface area (Å²) < 4.78 is 79.3. The lowest BCUT2D eigenvalue weighted by Gasteiger charge is -2.31. The van der Waals surface area contributed by atoms with Crippen molar-refractivity contribution in [1.82, 2.24) is 4.31 Å². The van der Waals surface area contributed by atoms with Crippen LogP contribution >= 0.6 is 11.6 Å². The van der Waals surface area contributed by atoms with Crippen LogP contribution in [-0.2, 0) is 40.4 Å². The van der Waals surface area contributed by atoms with Crippen LogP contribution in [0.25, 0.3) is 0 Å². The van der Waals surface area contributed by atoms with Crippen LogP contribution in [0.1, 0.15) is 36.1 Å². The molecule has 0 aromatic heterocycles. The van der Waals surface area contributed by atoms with E-state index in [1.54, 1.807) is 19.9 Å². The molecule has 2 aromatic carbocycles. The van der Waals surface area contributed by atoms with E-state index in [9.17, 15) is 30.8 Å². The number of amides is 1. The molecule has 0 spiro atoms. The number of alkyl halides is 3. The average Bonchev–Trinajstić information content (AvgIpc) is 2.70. The van der Waals surface area contributed by atoms with Gasteiger partial charge in [-0.25, -0.2) is 12.8 Å². The molecular formula is C21H21ClF4N2O3S. The third-order valence-electron chi connectivity index (χ3n) is 5.27. The highest BCUT2D eigenvalue weighted by Crippen LogP contribution is 2.35. The number of carbonyl (C=O) groups excluding carboxylic acids is 1. The number of benzene rings is 2. The first-order valence-corrected chi connectivity index (χ1v) is 11.6. The number of hydrogen-bond acceptors (Lipinski definition) is 3. The molecule has 0 unspecified atom stereocenters. The van der Waals surface area contributed by atoms with Gasteiger partial charge >= 0.3 is 6.18 Å². The zero-order valence-electron chi connectivity index (χ0n) is 17.3. The number of hydrogen-bond donors (Lipinski definition) is 1. The lowest BCUT2D eigenvalue weighted by atomic mass is 9.98. The highest BCUT2D eigenvalue weighted by Gasteiger charge is 2.35. The topological polar surface area (TPSA) is 66.5 Å². The molecule has 0 atom stereocenters. The fourth-order valence-electron chi connectivity index (χ4n) is 3.54. The van der Waals surface area contributed by atoms with Crippen LogP contribution in [0.3, 0.4) is 0 Å². The number of anilines is 1. The molecule has 5 nitrogen and oxygen atoms in total. The van der Waals surface area contributed by atoms with E-state index in [1.807, 2.05) is 0 Å². The van der Waals surface area contributed by atoms with Gasteiger partial charge in [-0.05, 0) is 49.1 Å². The van der Waals surface area contributed by atoms with Crippen molar-refractivity contribution in [2.24, 2.45) is 0 Å². The molecule has 32 heavy (non-hydrogen) atoms. The Kier molecular flexibility index (Phi) is 6.88. The Morgan fingerprint density at radius 2 is 1.91 bits per heavy atom. The zero-order valence-corrected chi connectivity index (χ0v) is 18.8. The molecule has 0 aliphatic carbocycles. The molecule has 0 radical (unpaired) electrons. The van der Waals surface area contributed by atoms with Crippen LogP contribution < -0.4 is 5.32 Å². The van der Waals surface area contributed by atoms with Crippen LogP contribution in [0.2, 0.25) is 5.02 Å². The first-order valence-electron chi connectivity index (χ1n) is 9.76. The van der Waals surface area contributed by atoms with Crippen molar-refractivity contribution in [1.29, 1.82) is 0 Å². The van der Waals surface area contributed by atoms with E-state index in [0.717, 1.165) is 12.1 Å². The van der Waals surface area contributed by atoms with Gasteiger partial charge in [0.15, 0.2) is 0 Å². The van der Waals surface area contributed by atoms with Gasteiger partial charge < -0.3 is 5.32 Å². The monoisotopic (exact) mass is 492 g/mol. The van der Waals surface area contributed by atoms with E-state index in [1.165, 1.54) is 10.4 Å². The summed E-state index contributed by atoms with van der Waals surface area (Å²) in [5.74, 6) is -2.23. The predicted molar refractivity (Wildman–Crippen MR) is 113 cm³/mol. The third-order valence-corrected chi connectivity index (χ3v) is 7.81. The second kappa shape index (κ2) is 8.99. The van der Waals surface area contributed by atoms with E-state index in [2.05, 4.69) is 5.32 Å². The van der Waals surface area contributed by atoms with E-state index < -0.39 is 50.7 Å². The normalized spacial score (nSPS) is 15.0. The van der Waals surface area contributed by atoms with Crippen molar-refractivity contribution < 1.29 is 30.8 Å². The maximum atomic E-state index is 14.3. The predicted octanol–water partition coefficient (Wildman–Crippen LogP) is 4.78. The SMILES string of the molecule is CC(C)S(=O)(=O)N1CCc2c(ccc(Cl)c2NC(=O)Cc2cccc(C(F)(F)F)c2F)C1. The largest absolute Gasteiger partial charge is 0.419 e. The maximum Gasteiger partial charge on any atom is 0.419 e. The van der Waals surface area contributed by atoms with E-state index in [4.69, 9.17) is 11.6 Å². The summed E-state index contributed by atoms with van der Waals surface area (Å²) in [6.07, 6.45) is -5.21. The lowest BCUT2D eigenvalue weighted by molar-refractivity contribution is -0.140. The average molecular weight is 493 g/mol. The Hall–Kier alpha value is -2.17. The van der Waals surface area contributed by atoms with Gasteiger partial charge in [0, 0.05) is 13.1 Å². The van der Waals surface area contributed by atoms with E-state index in [0.29, 0.717) is 17.2 Å². The molecule has 0 saturated carbocycles. The Balaban J connectivity index is 1.84. The molecule has 0 fully saturated rings. The number of nitrogens with one attached hydrogen (secondary N) is 1. The maximum absolute atomic E-state index is 14.3. The molecule has 0 bridgehead atoms. The van der Waals surface area contributed by atoms with Crippen LogP contribution in [0.5, 0.6) is 0 Å². The molecule has 1 aliphatic rings. The van der Waals surface area contributed by atoms with Gasteiger partial charge in [0.2, 0.25) is 15.9 Å². The Bertz CT molecular complexity index is 1150. The molecule has 1 aliphatic heterocycles. The zero-order chi connectivity index (χ0) is 23.8. The number of sulfonamides is 1. The Morgan fingerprint density at radius 3 is 2.53 bits per heavy atom. The second-order valence-electron chi connectivity index (χ2n) is 7.74. The van der Waals surface area contributed by atoms with Gasteiger partial charge in [-0.3, -0.25) is 4.79 Å². The van der Waals surface area contributed by atoms with Gasteiger partial charge in [0.25, 0.3) is 0 Å². The fourth-order valence-corrected chi connectivity index (χ4v) is 5.03. The lowest BCUT2D eigenvalue weighted by Crippen LogP contribution is -2.40. The minimum Gasteiger partial charge on any atom is -0.324 e. The summed E-state index contributed by atoms with van der Waals surface area (Å²) >= 11 is 6.23. The van der Waals surface area contributed by atoms with Gasteiger partial charge in [-0.2, -0.15) is 17.5 Å². The summed E-state index contributed by atoms with van der Waals surface area (Å²) in [7, 11) is -3.47. The standard InChI is InChI=1S/C21H21ClF4N2O3S/c1-12(2)32(30,31)28-9-8-15-14(11-28)6-7-17(22)20(15)27-18(29)10-13-4-3-5-16(19(13)23)21(24,25)26/h3-7,12H,8-11H2,1-2H3,(H,27,29). The third kappa shape index (κ3) is 4.92. The minimum atomic E-state index is -4.87. The number of halogens is 5. The van der Waals surface area contributed by atoms with Crippen LogP contribution in [-0.4, -0.2) is 30.4 Å². The highest BCUT2D eigenvalue weighted by atomic mass is 35.5. The summed E-state index contributed by atoms with van der Waals surface area (Å²) in [6, 6.07) is 5.93. The van der Waals surface area contributed by atoms with Crippen molar-refractivity contribution in [2.75, 3.05) is 11.9 Å². The van der Waals surface area contributed by atoms with E-state index in [-0.39, 0.29) is 30.2 Å². The van der Waals surface area contributed by atoms with Crippen molar-refractivity contribution in [3.8, 4) is 0 Å². The molecule has 1 heterocycles. The molecule has 3 rings (SSSR count). The Labute approximate surface area is 188 Å². The van der Waals surface area contributed by atoms with Gasteiger partial charge in [0.05, 0.1) is 27.9 Å². The highest BCUT2D eigenvalue weighted by molar-refractivity contribution is 7.89. The van der Waals surface area contributed by atoms with Gasteiger partial charge in [-0.15, -0.1) is 0 Å². The molecule has 174 valence electrons. The summed E-state index contributed by atoms with van der Waals surface area (Å²) in [5, 5.41) is 2.17. The van der Waals surface area contributed by atoms with Gasteiger partial charge in [0.1, 0.15) is 5.82 Å². The fraction of sp³-hybridized carbons (Fsp3) is 0.381. The van der Waals surface area contributed by atoms with E-state index >= 15 is 0 Å². The molecule has 11 heteroatoms. The molecule has 2 aromatic rings. The van der Waals surface area contributed by atoms with Crippen LogP contribution in [0.4, 0.5) is 23.2 Å². The number of rotatable bonds is 5. The molecular weight excluding hydrogens is 472 g/mol. The molecule has 0 saturated heterocycles. The number of fused-ring (bicyclic) bond motifs is 1. The van der Waals surface area contributed by atoms with Crippen LogP contribution in [0.15, 0.2) is 30.3 Å². The second-order valence-corrected chi connectivity index (χ2v) is 10.6. The Morgan fingerprint density at radius 1 is 1.22 bits per heavy atom. The summed E-state index contributed by atoms with van der Waals surface area (Å²) in [4.78, 5) is 12.5. The number of carbonyl (C=O) groups is 1. The first kappa shape index (κ1) is 24.5. The molecule has 1 amide bonds. The van der Waals surface area contributed by atoms with Crippen molar-refractivity contribution >= 4 is 33.2 Å². The van der Waals surface area contributed by atoms with Crippen molar-refractivity contribution in [2.45, 2.75) is 44.7 Å². The van der Waals surface area contributed by atoms with Crippen molar-refractivity contribution in [3.63, 3.8) is 0 Å². The van der Waals surface area contributed by atoms with Gasteiger partial charge in [-0.1, -0.05) is 29.8 Å².